The molecule has 0 aromatic heterocycles. The predicted molar refractivity (Wildman–Crippen MR) is 45.8 cm³/mol. The first-order chi connectivity index (χ1) is 6.04. The number of carboxylic acid groups (broad SMARTS) is 1. The van der Waals surface area contributed by atoms with Gasteiger partial charge >= 0.3 is 5.97 Å². The van der Waals surface area contributed by atoms with Crippen molar-refractivity contribution in [2.45, 2.75) is 25.8 Å². The summed E-state index contributed by atoms with van der Waals surface area (Å²) in [7, 11) is 0. The van der Waals surface area contributed by atoms with Crippen LogP contribution in [0.5, 0.6) is 0 Å². The monoisotopic (exact) mass is 184 g/mol. The first-order valence-electron chi connectivity index (χ1n) is 4.13. The average molecular weight is 184 g/mol. The molecule has 0 bridgehead atoms. The van der Waals surface area contributed by atoms with Crippen LogP contribution in [0.3, 0.4) is 0 Å². The SMILES string of the molecule is CC(=N)C(=O)N1CCC[C@H]1C(=O)O. The van der Waals surface area contributed by atoms with Gasteiger partial charge in [-0.3, -0.25) is 10.2 Å². The van der Waals surface area contributed by atoms with E-state index in [1.165, 1.54) is 11.8 Å². The molecule has 0 aromatic carbocycles. The lowest BCUT2D eigenvalue weighted by Crippen LogP contribution is -2.42. The lowest BCUT2D eigenvalue weighted by atomic mass is 10.2. The third-order valence-corrected chi connectivity index (χ3v) is 2.12. The van der Waals surface area contributed by atoms with Gasteiger partial charge in [0.25, 0.3) is 5.91 Å². The van der Waals surface area contributed by atoms with Gasteiger partial charge in [-0.2, -0.15) is 0 Å². The number of aliphatic carboxylic acids is 1. The van der Waals surface area contributed by atoms with Crippen LogP contribution in [0.15, 0.2) is 0 Å². The standard InChI is InChI=1S/C8H12N2O3/c1-5(9)7(11)10-4-2-3-6(10)8(12)13/h6,9H,2-4H2,1H3,(H,12,13)/t6-/m0/s1. The first kappa shape index (κ1) is 9.70. The molecule has 0 unspecified atom stereocenters. The van der Waals surface area contributed by atoms with Crippen molar-refractivity contribution in [1.29, 1.82) is 5.41 Å². The number of nitrogens with one attached hydrogen (secondary N) is 1. The molecule has 1 aliphatic heterocycles. The normalized spacial score (nSPS) is 21.6. The number of hydrogen-bond donors (Lipinski definition) is 2. The van der Waals surface area contributed by atoms with Gasteiger partial charge in [0.1, 0.15) is 6.04 Å². The molecule has 1 saturated heterocycles. The molecule has 1 heterocycles. The molecule has 1 aliphatic rings. The van der Waals surface area contributed by atoms with Crippen LogP contribution in [0.25, 0.3) is 0 Å². The van der Waals surface area contributed by atoms with E-state index in [9.17, 15) is 9.59 Å². The van der Waals surface area contributed by atoms with E-state index < -0.39 is 17.9 Å². The molecule has 72 valence electrons. The Kier molecular flexibility index (Phi) is 2.65. The molecule has 0 aliphatic carbocycles. The zero-order chi connectivity index (χ0) is 10.0. The highest BCUT2D eigenvalue weighted by Crippen LogP contribution is 2.17. The summed E-state index contributed by atoms with van der Waals surface area (Å²) in [6.07, 6.45) is 1.20. The van der Waals surface area contributed by atoms with Crippen molar-refractivity contribution in [3.8, 4) is 0 Å². The molecule has 0 saturated carbocycles. The summed E-state index contributed by atoms with van der Waals surface area (Å²) in [5, 5.41) is 15.9. The number of amides is 1. The summed E-state index contributed by atoms with van der Waals surface area (Å²) in [5.74, 6) is -1.45. The van der Waals surface area contributed by atoms with Gasteiger partial charge in [-0.05, 0) is 19.8 Å². The Bertz CT molecular complexity index is 262. The van der Waals surface area contributed by atoms with Crippen LogP contribution in [-0.4, -0.2) is 40.2 Å². The second kappa shape index (κ2) is 3.55. The quantitative estimate of drug-likeness (QED) is 0.597. The molecule has 1 atom stereocenters. The zero-order valence-corrected chi connectivity index (χ0v) is 7.41. The van der Waals surface area contributed by atoms with Crippen molar-refractivity contribution in [2.75, 3.05) is 6.54 Å². The Morgan fingerprint density at radius 1 is 1.54 bits per heavy atom. The maximum atomic E-state index is 11.3. The largest absolute Gasteiger partial charge is 0.480 e. The molecule has 1 rings (SSSR count). The van der Waals surface area contributed by atoms with Gasteiger partial charge in [0.2, 0.25) is 0 Å². The van der Waals surface area contributed by atoms with Crippen molar-refractivity contribution in [3.63, 3.8) is 0 Å². The maximum absolute atomic E-state index is 11.3. The first-order valence-corrected chi connectivity index (χ1v) is 4.13. The van der Waals surface area contributed by atoms with E-state index >= 15 is 0 Å². The second-order valence-corrected chi connectivity index (χ2v) is 3.12. The van der Waals surface area contributed by atoms with E-state index in [-0.39, 0.29) is 5.71 Å². The van der Waals surface area contributed by atoms with Crippen LogP contribution in [0.4, 0.5) is 0 Å². The second-order valence-electron chi connectivity index (χ2n) is 3.12. The summed E-state index contributed by atoms with van der Waals surface area (Å²) < 4.78 is 0. The van der Waals surface area contributed by atoms with Crippen LogP contribution in [0, 0.1) is 5.41 Å². The summed E-state index contributed by atoms with van der Waals surface area (Å²) in [6.45, 7) is 1.82. The maximum Gasteiger partial charge on any atom is 0.326 e. The zero-order valence-electron chi connectivity index (χ0n) is 7.41. The number of likely N-dealkylation sites (tertiary alicyclic amines) is 1. The number of carboxylic acids is 1. The van der Waals surface area contributed by atoms with Crippen LogP contribution in [0.2, 0.25) is 0 Å². The average Bonchev–Trinajstić information content (AvgIpc) is 2.50. The molecule has 5 heteroatoms. The lowest BCUT2D eigenvalue weighted by molar-refractivity contribution is -0.146. The minimum Gasteiger partial charge on any atom is -0.480 e. The smallest absolute Gasteiger partial charge is 0.326 e. The third-order valence-electron chi connectivity index (χ3n) is 2.12. The molecule has 2 N–H and O–H groups in total. The molecule has 5 nitrogen and oxygen atoms in total. The van der Waals surface area contributed by atoms with Gasteiger partial charge in [-0.25, -0.2) is 4.79 Å². The third kappa shape index (κ3) is 1.85. The topological polar surface area (TPSA) is 81.5 Å². The number of rotatable bonds is 2. The van der Waals surface area contributed by atoms with Crippen molar-refractivity contribution >= 4 is 17.6 Å². The minimum absolute atomic E-state index is 0.104. The fourth-order valence-corrected chi connectivity index (χ4v) is 1.48. The highest BCUT2D eigenvalue weighted by atomic mass is 16.4. The van der Waals surface area contributed by atoms with E-state index in [0.29, 0.717) is 19.4 Å². The van der Waals surface area contributed by atoms with Gasteiger partial charge in [-0.1, -0.05) is 0 Å². The van der Waals surface area contributed by atoms with Gasteiger partial charge in [0.15, 0.2) is 0 Å². The van der Waals surface area contributed by atoms with Crippen molar-refractivity contribution in [1.82, 2.24) is 4.90 Å². The van der Waals surface area contributed by atoms with Crippen LogP contribution < -0.4 is 0 Å². The van der Waals surface area contributed by atoms with E-state index in [0.717, 1.165) is 0 Å². The molecule has 1 amide bonds. The predicted octanol–water partition coefficient (Wildman–Crippen LogP) is 0.102. The Morgan fingerprint density at radius 3 is 2.62 bits per heavy atom. The van der Waals surface area contributed by atoms with Gasteiger partial charge in [0.05, 0.1) is 5.71 Å². The number of carbonyl (C=O) groups is 2. The summed E-state index contributed by atoms with van der Waals surface area (Å²) >= 11 is 0. The van der Waals surface area contributed by atoms with Gasteiger partial charge in [0, 0.05) is 6.54 Å². The Morgan fingerprint density at radius 2 is 2.15 bits per heavy atom. The molecular weight excluding hydrogens is 172 g/mol. The van der Waals surface area contributed by atoms with Crippen molar-refractivity contribution in [3.05, 3.63) is 0 Å². The van der Waals surface area contributed by atoms with E-state index in [1.54, 1.807) is 0 Å². The highest BCUT2D eigenvalue weighted by molar-refractivity contribution is 6.36. The fourth-order valence-electron chi connectivity index (χ4n) is 1.48. The summed E-state index contributed by atoms with van der Waals surface area (Å²) in [5.41, 5.74) is -0.104. The van der Waals surface area contributed by atoms with Crippen LogP contribution in [0.1, 0.15) is 19.8 Å². The van der Waals surface area contributed by atoms with Crippen molar-refractivity contribution < 1.29 is 14.7 Å². The Balaban J connectivity index is 2.74. The molecule has 0 spiro atoms. The number of hydrogen-bond acceptors (Lipinski definition) is 3. The van der Waals surface area contributed by atoms with E-state index in [4.69, 9.17) is 10.5 Å². The Hall–Kier alpha value is -1.39. The molecule has 1 fully saturated rings. The van der Waals surface area contributed by atoms with Gasteiger partial charge < -0.3 is 10.0 Å². The Labute approximate surface area is 75.9 Å². The molecule has 13 heavy (non-hydrogen) atoms. The minimum atomic E-state index is -0.980. The number of carbonyl (C=O) groups excluding carboxylic acids is 1. The highest BCUT2D eigenvalue weighted by Gasteiger charge is 2.34. The summed E-state index contributed by atoms with van der Waals surface area (Å²) in [4.78, 5) is 23.2. The number of nitrogens with zero attached hydrogens (tertiary/aromatic N) is 1. The molecule has 0 aromatic rings. The van der Waals surface area contributed by atoms with E-state index in [2.05, 4.69) is 0 Å². The molecular formula is C8H12N2O3. The lowest BCUT2D eigenvalue weighted by Gasteiger charge is -2.20. The van der Waals surface area contributed by atoms with Crippen LogP contribution in [-0.2, 0) is 9.59 Å². The van der Waals surface area contributed by atoms with E-state index in [1.807, 2.05) is 0 Å². The van der Waals surface area contributed by atoms with Crippen LogP contribution >= 0.6 is 0 Å². The summed E-state index contributed by atoms with van der Waals surface area (Å²) in [6, 6.07) is -0.729. The molecule has 0 radical (unpaired) electrons. The van der Waals surface area contributed by atoms with Crippen molar-refractivity contribution in [2.24, 2.45) is 0 Å². The van der Waals surface area contributed by atoms with Gasteiger partial charge in [-0.15, -0.1) is 0 Å². The fraction of sp³-hybridized carbons (Fsp3) is 0.625.